The lowest BCUT2D eigenvalue weighted by Gasteiger charge is -2.10. The molecule has 0 atom stereocenters. The maximum Gasteiger partial charge on any atom is 0.292 e. The van der Waals surface area contributed by atoms with Gasteiger partial charge in [-0.05, 0) is 42.8 Å². The smallest absolute Gasteiger partial charge is 0.292 e. The van der Waals surface area contributed by atoms with Gasteiger partial charge in [0.1, 0.15) is 12.4 Å². The minimum Gasteiger partial charge on any atom is -0.492 e. The number of pyridine rings is 1. The zero-order valence-electron chi connectivity index (χ0n) is 13.5. The lowest BCUT2D eigenvalue weighted by Crippen LogP contribution is -2.24. The summed E-state index contributed by atoms with van der Waals surface area (Å²) in [6, 6.07) is 10.7. The molecule has 0 radical (unpaired) electrons. The van der Waals surface area contributed by atoms with E-state index in [0.717, 1.165) is 25.0 Å². The second kappa shape index (κ2) is 8.88. The first-order chi connectivity index (χ1) is 11.2. The van der Waals surface area contributed by atoms with Crippen molar-refractivity contribution < 1.29 is 9.47 Å². The van der Waals surface area contributed by atoms with Gasteiger partial charge in [-0.1, -0.05) is 19.8 Å². The molecule has 0 unspecified atom stereocenters. The van der Waals surface area contributed by atoms with Gasteiger partial charge in [-0.3, -0.25) is 4.79 Å². The lowest BCUT2D eigenvalue weighted by atomic mass is 10.3. The SMILES string of the molecule is CCCCCOc1cccn(CCOc2ccc(N)cc2)c1=O. The van der Waals surface area contributed by atoms with Crippen molar-refractivity contribution in [2.24, 2.45) is 0 Å². The zero-order valence-corrected chi connectivity index (χ0v) is 13.5. The van der Waals surface area contributed by atoms with Gasteiger partial charge in [-0.25, -0.2) is 0 Å². The molecule has 124 valence electrons. The standard InChI is InChI=1S/C18H24N2O3/c1-2-3-4-13-23-17-6-5-11-20(18(17)21)12-14-22-16-9-7-15(19)8-10-16/h5-11H,2-4,12-14,19H2,1H3. The second-order valence-electron chi connectivity index (χ2n) is 5.34. The number of benzene rings is 1. The first-order valence-electron chi connectivity index (χ1n) is 8.01. The van der Waals surface area contributed by atoms with Crippen LogP contribution in [0.2, 0.25) is 0 Å². The van der Waals surface area contributed by atoms with Gasteiger partial charge in [-0.15, -0.1) is 0 Å². The number of rotatable bonds is 9. The number of unbranched alkanes of at least 4 members (excludes halogenated alkanes) is 2. The summed E-state index contributed by atoms with van der Waals surface area (Å²) in [4.78, 5) is 12.3. The van der Waals surface area contributed by atoms with Crippen molar-refractivity contribution in [3.63, 3.8) is 0 Å². The van der Waals surface area contributed by atoms with Crippen LogP contribution in [0.3, 0.4) is 0 Å². The number of aromatic nitrogens is 1. The minimum atomic E-state index is -0.120. The minimum absolute atomic E-state index is 0.120. The summed E-state index contributed by atoms with van der Waals surface area (Å²) in [6.07, 6.45) is 4.94. The maximum absolute atomic E-state index is 12.3. The summed E-state index contributed by atoms with van der Waals surface area (Å²) in [5.74, 6) is 1.13. The average Bonchev–Trinajstić information content (AvgIpc) is 2.56. The number of anilines is 1. The molecule has 2 aromatic rings. The monoisotopic (exact) mass is 316 g/mol. The average molecular weight is 316 g/mol. The van der Waals surface area contributed by atoms with Gasteiger partial charge in [0.05, 0.1) is 13.2 Å². The zero-order chi connectivity index (χ0) is 16.5. The summed E-state index contributed by atoms with van der Waals surface area (Å²) in [5.41, 5.74) is 6.20. The van der Waals surface area contributed by atoms with Crippen molar-refractivity contribution >= 4 is 5.69 Å². The van der Waals surface area contributed by atoms with Gasteiger partial charge in [0, 0.05) is 11.9 Å². The third kappa shape index (κ3) is 5.36. The van der Waals surface area contributed by atoms with Crippen molar-refractivity contribution in [1.82, 2.24) is 4.57 Å². The fraction of sp³-hybridized carbons (Fsp3) is 0.389. The predicted molar refractivity (Wildman–Crippen MR) is 92.1 cm³/mol. The maximum atomic E-state index is 12.3. The van der Waals surface area contributed by atoms with Crippen LogP contribution in [0.1, 0.15) is 26.2 Å². The van der Waals surface area contributed by atoms with Crippen molar-refractivity contribution in [3.8, 4) is 11.5 Å². The predicted octanol–water partition coefficient (Wildman–Crippen LogP) is 3.08. The van der Waals surface area contributed by atoms with Gasteiger partial charge < -0.3 is 19.8 Å². The number of nitrogens with two attached hydrogens (primary N) is 1. The van der Waals surface area contributed by atoms with Crippen LogP contribution in [0.4, 0.5) is 5.69 Å². The first kappa shape index (κ1) is 16.9. The number of nitrogen functional groups attached to an aromatic ring is 1. The van der Waals surface area contributed by atoms with Gasteiger partial charge in [0.2, 0.25) is 0 Å². The van der Waals surface area contributed by atoms with E-state index in [2.05, 4.69) is 6.92 Å². The highest BCUT2D eigenvalue weighted by Gasteiger charge is 2.04. The topological polar surface area (TPSA) is 66.5 Å². The fourth-order valence-electron chi connectivity index (χ4n) is 2.16. The van der Waals surface area contributed by atoms with Crippen LogP contribution < -0.4 is 20.8 Å². The molecule has 0 aliphatic carbocycles. The quantitative estimate of drug-likeness (QED) is 0.570. The molecule has 2 N–H and O–H groups in total. The molecule has 5 nitrogen and oxygen atoms in total. The summed E-state index contributed by atoms with van der Waals surface area (Å²) in [5, 5.41) is 0. The van der Waals surface area contributed by atoms with E-state index in [1.54, 1.807) is 29.0 Å². The van der Waals surface area contributed by atoms with Crippen LogP contribution >= 0.6 is 0 Å². The Kier molecular flexibility index (Phi) is 6.54. The van der Waals surface area contributed by atoms with Gasteiger partial charge >= 0.3 is 0 Å². The molecule has 0 aliphatic rings. The van der Waals surface area contributed by atoms with E-state index in [9.17, 15) is 4.79 Å². The second-order valence-corrected chi connectivity index (χ2v) is 5.34. The Labute approximate surface area is 136 Å². The van der Waals surface area contributed by atoms with Crippen molar-refractivity contribution in [1.29, 1.82) is 0 Å². The van der Waals surface area contributed by atoms with Gasteiger partial charge in [0.25, 0.3) is 5.56 Å². The largest absolute Gasteiger partial charge is 0.492 e. The third-order valence-electron chi connectivity index (χ3n) is 3.47. The molecule has 0 aliphatic heterocycles. The molecule has 1 heterocycles. The third-order valence-corrected chi connectivity index (χ3v) is 3.47. The molecule has 0 fully saturated rings. The normalized spacial score (nSPS) is 10.5. The molecule has 5 heteroatoms. The van der Waals surface area contributed by atoms with E-state index in [-0.39, 0.29) is 5.56 Å². The molecule has 0 bridgehead atoms. The molecule has 1 aromatic carbocycles. The molecule has 23 heavy (non-hydrogen) atoms. The highest BCUT2D eigenvalue weighted by atomic mass is 16.5. The lowest BCUT2D eigenvalue weighted by molar-refractivity contribution is 0.284. The van der Waals surface area contributed by atoms with Crippen LogP contribution in [-0.4, -0.2) is 17.8 Å². The summed E-state index contributed by atoms with van der Waals surface area (Å²) < 4.78 is 12.8. The van der Waals surface area contributed by atoms with E-state index >= 15 is 0 Å². The van der Waals surface area contributed by atoms with Crippen LogP contribution in [0.25, 0.3) is 0 Å². The van der Waals surface area contributed by atoms with Gasteiger partial charge in [-0.2, -0.15) is 0 Å². The molecule has 0 amide bonds. The van der Waals surface area contributed by atoms with E-state index < -0.39 is 0 Å². The summed E-state index contributed by atoms with van der Waals surface area (Å²) >= 11 is 0. The fourth-order valence-corrected chi connectivity index (χ4v) is 2.16. The molecule has 0 spiro atoms. The summed E-state index contributed by atoms with van der Waals surface area (Å²) in [6.45, 7) is 3.59. The Morgan fingerprint density at radius 1 is 1.04 bits per heavy atom. The van der Waals surface area contributed by atoms with E-state index in [0.29, 0.717) is 31.2 Å². The Morgan fingerprint density at radius 2 is 1.83 bits per heavy atom. The van der Waals surface area contributed by atoms with E-state index in [4.69, 9.17) is 15.2 Å². The molecule has 0 saturated heterocycles. The van der Waals surface area contributed by atoms with Crippen molar-refractivity contribution in [2.45, 2.75) is 32.7 Å². The van der Waals surface area contributed by atoms with Gasteiger partial charge in [0.15, 0.2) is 5.75 Å². The van der Waals surface area contributed by atoms with Crippen molar-refractivity contribution in [3.05, 3.63) is 52.9 Å². The van der Waals surface area contributed by atoms with Crippen molar-refractivity contribution in [2.75, 3.05) is 18.9 Å². The van der Waals surface area contributed by atoms with E-state index in [1.807, 2.05) is 18.2 Å². The molecule has 2 rings (SSSR count). The number of hydrogen-bond acceptors (Lipinski definition) is 4. The molecular weight excluding hydrogens is 292 g/mol. The Morgan fingerprint density at radius 3 is 2.57 bits per heavy atom. The highest BCUT2D eigenvalue weighted by molar-refractivity contribution is 5.41. The highest BCUT2D eigenvalue weighted by Crippen LogP contribution is 2.13. The van der Waals surface area contributed by atoms with Crippen LogP contribution in [0.5, 0.6) is 11.5 Å². The van der Waals surface area contributed by atoms with E-state index in [1.165, 1.54) is 0 Å². The number of ether oxygens (including phenoxy) is 2. The Hall–Kier alpha value is -2.43. The Bertz CT molecular complexity index is 650. The van der Waals surface area contributed by atoms with Crippen LogP contribution in [0, 0.1) is 0 Å². The summed E-state index contributed by atoms with van der Waals surface area (Å²) in [7, 11) is 0. The van der Waals surface area contributed by atoms with Crippen LogP contribution in [0.15, 0.2) is 47.4 Å². The molecule has 0 saturated carbocycles. The van der Waals surface area contributed by atoms with Crippen LogP contribution in [-0.2, 0) is 6.54 Å². The number of hydrogen-bond donors (Lipinski definition) is 1. The first-order valence-corrected chi connectivity index (χ1v) is 8.01. The molecule has 1 aromatic heterocycles. The molecular formula is C18H24N2O3. The number of nitrogens with zero attached hydrogens (tertiary/aromatic N) is 1. The Balaban J connectivity index is 1.87.